The van der Waals surface area contributed by atoms with Crippen LogP contribution in [0.4, 0.5) is 4.39 Å². The zero-order valence-corrected chi connectivity index (χ0v) is 14.0. The van der Waals surface area contributed by atoms with Crippen molar-refractivity contribution in [3.05, 3.63) is 54.0 Å². The highest BCUT2D eigenvalue weighted by Crippen LogP contribution is 2.23. The molecule has 8 heteroatoms. The van der Waals surface area contributed by atoms with Gasteiger partial charge < -0.3 is 10.1 Å². The average Bonchev–Trinajstić information content (AvgIpc) is 2.52. The summed E-state index contributed by atoms with van der Waals surface area (Å²) < 4.78 is 41.5. The third kappa shape index (κ3) is 4.76. The topological polar surface area (TPSA) is 85.4 Å². The average molecular weight is 352 g/mol. The summed E-state index contributed by atoms with van der Waals surface area (Å²) in [5.74, 6) is -0.584. The third-order valence-corrected chi connectivity index (χ3v) is 4.82. The van der Waals surface area contributed by atoms with Crippen molar-refractivity contribution in [2.75, 3.05) is 6.26 Å². The van der Waals surface area contributed by atoms with Crippen molar-refractivity contribution in [2.24, 2.45) is 0 Å². The van der Waals surface area contributed by atoms with Crippen LogP contribution in [0, 0.1) is 5.82 Å². The van der Waals surface area contributed by atoms with E-state index in [2.05, 4.69) is 10.3 Å². The van der Waals surface area contributed by atoms with Crippen molar-refractivity contribution in [2.45, 2.75) is 18.7 Å². The van der Waals surface area contributed by atoms with Gasteiger partial charge in [0.1, 0.15) is 16.8 Å². The van der Waals surface area contributed by atoms with Gasteiger partial charge >= 0.3 is 0 Å². The number of amides is 1. The predicted octanol–water partition coefficient (Wildman–Crippen LogP) is 2.06. The molecule has 0 saturated heterocycles. The lowest BCUT2D eigenvalue weighted by molar-refractivity contribution is -0.120. The fraction of sp³-hybridized carbons (Fsp3) is 0.250. The lowest BCUT2D eigenvalue weighted by atomic mass is 10.2. The largest absolute Gasteiger partial charge is 0.439 e. The summed E-state index contributed by atoms with van der Waals surface area (Å²) in [6.45, 7) is 1.36. The first-order chi connectivity index (χ1) is 11.3. The number of carbonyl (C=O) groups is 1. The van der Waals surface area contributed by atoms with Crippen LogP contribution in [0.15, 0.2) is 42.6 Å². The summed E-state index contributed by atoms with van der Waals surface area (Å²) in [6.07, 6.45) is 2.50. The van der Waals surface area contributed by atoms with Crippen LogP contribution in [0.25, 0.3) is 0 Å². The van der Waals surface area contributed by atoms with Crippen molar-refractivity contribution < 1.29 is 22.3 Å². The molecule has 1 heterocycles. The van der Waals surface area contributed by atoms with E-state index in [0.717, 1.165) is 6.26 Å². The van der Waals surface area contributed by atoms with Crippen molar-refractivity contribution >= 4 is 15.7 Å². The van der Waals surface area contributed by atoms with E-state index >= 15 is 0 Å². The number of aromatic nitrogens is 1. The molecule has 0 fully saturated rings. The molecular formula is C16H17FN2O4S. The molecule has 2 rings (SSSR count). The Morgan fingerprint density at radius 2 is 2.08 bits per heavy atom. The molecule has 128 valence electrons. The molecule has 0 aliphatic heterocycles. The number of rotatable bonds is 6. The van der Waals surface area contributed by atoms with E-state index in [4.69, 9.17) is 4.74 Å². The van der Waals surface area contributed by atoms with Gasteiger partial charge in [-0.3, -0.25) is 4.79 Å². The van der Waals surface area contributed by atoms with E-state index in [0.29, 0.717) is 5.56 Å². The lowest BCUT2D eigenvalue weighted by Crippen LogP contribution is -2.37. The van der Waals surface area contributed by atoms with E-state index in [9.17, 15) is 17.6 Å². The molecule has 1 aromatic heterocycles. The summed E-state index contributed by atoms with van der Waals surface area (Å²) in [5, 5.41) is 1.38. The van der Waals surface area contributed by atoms with Gasteiger partial charge in [0.25, 0.3) is 0 Å². The second kappa shape index (κ2) is 7.39. The van der Waals surface area contributed by atoms with Gasteiger partial charge in [0.15, 0.2) is 9.84 Å². The number of hydrogen-bond acceptors (Lipinski definition) is 5. The predicted molar refractivity (Wildman–Crippen MR) is 86.9 cm³/mol. The molecule has 24 heavy (non-hydrogen) atoms. The van der Waals surface area contributed by atoms with Crippen molar-refractivity contribution in [3.8, 4) is 11.6 Å². The minimum absolute atomic E-state index is 0.0389. The monoisotopic (exact) mass is 352 g/mol. The maximum absolute atomic E-state index is 13.2. The zero-order valence-electron chi connectivity index (χ0n) is 13.2. The smallest absolute Gasteiger partial charge is 0.238 e. The Hall–Kier alpha value is -2.48. The van der Waals surface area contributed by atoms with Crippen LogP contribution in [0.5, 0.6) is 11.6 Å². The van der Waals surface area contributed by atoms with Crippen LogP contribution in [-0.2, 0) is 21.2 Å². The maximum Gasteiger partial charge on any atom is 0.238 e. The van der Waals surface area contributed by atoms with Gasteiger partial charge in [0.05, 0.1) is 0 Å². The standard InChI is InChI=1S/C16H17FN2O4S/c1-11(24(2,21)22)15(20)19-10-12-5-4-8-18-16(12)23-14-7-3-6-13(17)9-14/h3-9,11H,10H2,1-2H3,(H,19,20). The zero-order chi connectivity index (χ0) is 17.7. The molecule has 2 aromatic rings. The van der Waals surface area contributed by atoms with Crippen LogP contribution in [0.2, 0.25) is 0 Å². The summed E-state index contributed by atoms with van der Waals surface area (Å²) >= 11 is 0. The van der Waals surface area contributed by atoms with Gasteiger partial charge in [-0.1, -0.05) is 12.1 Å². The van der Waals surface area contributed by atoms with Gasteiger partial charge in [0.2, 0.25) is 11.8 Å². The molecule has 0 bridgehead atoms. The summed E-state index contributed by atoms with van der Waals surface area (Å²) in [6, 6.07) is 8.91. The SMILES string of the molecule is CC(C(=O)NCc1cccnc1Oc1cccc(F)c1)S(C)(=O)=O. The Kier molecular flexibility index (Phi) is 5.50. The van der Waals surface area contributed by atoms with Crippen molar-refractivity contribution in [3.63, 3.8) is 0 Å². The van der Waals surface area contributed by atoms with Crippen LogP contribution in [0.1, 0.15) is 12.5 Å². The van der Waals surface area contributed by atoms with Crippen LogP contribution in [0.3, 0.4) is 0 Å². The first-order valence-corrected chi connectivity index (χ1v) is 9.06. The Bertz CT molecular complexity index is 839. The molecule has 0 saturated carbocycles. The maximum atomic E-state index is 13.2. The molecule has 0 spiro atoms. The lowest BCUT2D eigenvalue weighted by Gasteiger charge is -2.13. The minimum Gasteiger partial charge on any atom is -0.439 e. The number of pyridine rings is 1. The second-order valence-electron chi connectivity index (χ2n) is 5.22. The first-order valence-electron chi connectivity index (χ1n) is 7.11. The number of carbonyl (C=O) groups excluding carboxylic acids is 1. The number of hydrogen-bond donors (Lipinski definition) is 1. The first kappa shape index (κ1) is 17.9. The number of nitrogens with zero attached hydrogens (tertiary/aromatic N) is 1. The quantitative estimate of drug-likeness (QED) is 0.860. The Morgan fingerprint density at radius 3 is 2.75 bits per heavy atom. The Morgan fingerprint density at radius 1 is 1.33 bits per heavy atom. The molecule has 1 N–H and O–H groups in total. The fourth-order valence-corrected chi connectivity index (χ4v) is 2.29. The second-order valence-corrected chi connectivity index (χ2v) is 7.58. The summed E-state index contributed by atoms with van der Waals surface area (Å²) in [7, 11) is -3.47. The fourth-order valence-electron chi connectivity index (χ4n) is 1.81. The molecule has 1 aromatic carbocycles. The van der Waals surface area contributed by atoms with Crippen molar-refractivity contribution in [1.82, 2.24) is 10.3 Å². The molecule has 0 aliphatic rings. The Labute approximate surface area is 139 Å². The number of benzene rings is 1. The van der Waals surface area contributed by atoms with Crippen LogP contribution in [-0.4, -0.2) is 30.8 Å². The number of nitrogens with one attached hydrogen (secondary N) is 1. The van der Waals surface area contributed by atoms with Crippen molar-refractivity contribution in [1.29, 1.82) is 0 Å². The molecule has 0 radical (unpaired) electrons. The van der Waals surface area contributed by atoms with Gasteiger partial charge in [-0.2, -0.15) is 0 Å². The summed E-state index contributed by atoms with van der Waals surface area (Å²) in [4.78, 5) is 15.9. The molecule has 1 atom stereocenters. The third-order valence-electron chi connectivity index (χ3n) is 3.33. The highest BCUT2D eigenvalue weighted by molar-refractivity contribution is 7.92. The van der Waals surface area contributed by atoms with Gasteiger partial charge in [-0.15, -0.1) is 0 Å². The van der Waals surface area contributed by atoms with E-state index in [1.54, 1.807) is 18.2 Å². The number of sulfone groups is 1. The normalized spacial score (nSPS) is 12.5. The van der Waals surface area contributed by atoms with Crippen LogP contribution < -0.4 is 10.1 Å². The molecule has 6 nitrogen and oxygen atoms in total. The van der Waals surface area contributed by atoms with Gasteiger partial charge in [0, 0.05) is 30.6 Å². The van der Waals surface area contributed by atoms with Gasteiger partial charge in [-0.25, -0.2) is 17.8 Å². The molecule has 1 amide bonds. The molecule has 1 unspecified atom stereocenters. The van der Waals surface area contributed by atoms with E-state index < -0.39 is 26.8 Å². The van der Waals surface area contributed by atoms with Gasteiger partial charge in [-0.05, 0) is 25.1 Å². The van der Waals surface area contributed by atoms with E-state index in [-0.39, 0.29) is 18.2 Å². The molecular weight excluding hydrogens is 335 g/mol. The minimum atomic E-state index is -3.47. The number of halogens is 1. The van der Waals surface area contributed by atoms with Crippen LogP contribution >= 0.6 is 0 Å². The Balaban J connectivity index is 2.10. The van der Waals surface area contributed by atoms with E-state index in [1.165, 1.54) is 31.3 Å². The van der Waals surface area contributed by atoms with E-state index in [1.807, 2.05) is 0 Å². The highest BCUT2D eigenvalue weighted by Gasteiger charge is 2.23. The molecule has 0 aliphatic carbocycles. The summed E-state index contributed by atoms with van der Waals surface area (Å²) in [5.41, 5.74) is 0.538. The number of ether oxygens (including phenoxy) is 1. The highest BCUT2D eigenvalue weighted by atomic mass is 32.2.